The molecule has 1 saturated heterocycles. The SMILES string of the molecule is C[C@H]1C[C@H](N=[N+]=[N-])[C@@H](O)CN(S(=O)(=O)c2ccccn2)C1. The number of aromatic nitrogens is 1. The first-order valence-corrected chi connectivity index (χ1v) is 8.02. The van der Waals surface area contributed by atoms with Crippen molar-refractivity contribution in [3.05, 3.63) is 34.8 Å². The topological polar surface area (TPSA) is 119 Å². The third-order valence-electron chi connectivity index (χ3n) is 3.44. The molecule has 2 heterocycles. The van der Waals surface area contributed by atoms with E-state index in [0.717, 1.165) is 0 Å². The van der Waals surface area contributed by atoms with Crippen molar-refractivity contribution < 1.29 is 13.5 Å². The van der Waals surface area contributed by atoms with Gasteiger partial charge in [-0.1, -0.05) is 18.1 Å². The molecule has 1 aliphatic heterocycles. The number of hydrogen-bond donors (Lipinski definition) is 1. The lowest BCUT2D eigenvalue weighted by Crippen LogP contribution is -2.39. The van der Waals surface area contributed by atoms with Crippen LogP contribution in [0.2, 0.25) is 0 Å². The number of aliphatic hydroxyl groups is 1. The number of nitrogens with zero attached hydrogens (tertiary/aromatic N) is 5. The fourth-order valence-electron chi connectivity index (χ4n) is 2.41. The third kappa shape index (κ3) is 3.51. The van der Waals surface area contributed by atoms with Gasteiger partial charge in [-0.05, 0) is 30.0 Å². The van der Waals surface area contributed by atoms with E-state index in [4.69, 9.17) is 5.53 Å². The molecule has 0 bridgehead atoms. The molecule has 1 aromatic rings. The summed E-state index contributed by atoms with van der Waals surface area (Å²) in [6.07, 6.45) is 0.830. The van der Waals surface area contributed by atoms with Gasteiger partial charge in [0.25, 0.3) is 10.0 Å². The van der Waals surface area contributed by atoms with Crippen LogP contribution in [0.25, 0.3) is 10.4 Å². The molecular formula is C12H17N5O3S. The van der Waals surface area contributed by atoms with Crippen molar-refractivity contribution >= 4 is 10.0 Å². The first kappa shape index (κ1) is 15.7. The molecule has 114 valence electrons. The molecule has 9 heteroatoms. The van der Waals surface area contributed by atoms with Crippen molar-refractivity contribution in [2.75, 3.05) is 13.1 Å². The van der Waals surface area contributed by atoms with E-state index in [0.29, 0.717) is 6.42 Å². The molecule has 0 radical (unpaired) electrons. The predicted octanol–water partition coefficient (Wildman–Crippen LogP) is 1.15. The minimum Gasteiger partial charge on any atom is -0.391 e. The molecular weight excluding hydrogens is 294 g/mol. The van der Waals surface area contributed by atoms with Crippen molar-refractivity contribution in [2.45, 2.75) is 30.5 Å². The quantitative estimate of drug-likeness (QED) is 0.511. The fourth-order valence-corrected chi connectivity index (χ4v) is 3.92. The Hall–Kier alpha value is -1.67. The molecule has 1 N–H and O–H groups in total. The van der Waals surface area contributed by atoms with E-state index in [-0.39, 0.29) is 24.0 Å². The number of azide groups is 1. The van der Waals surface area contributed by atoms with Crippen LogP contribution in [0.15, 0.2) is 34.5 Å². The summed E-state index contributed by atoms with van der Waals surface area (Å²) in [5.74, 6) is -0.0314. The Morgan fingerprint density at radius 3 is 2.86 bits per heavy atom. The van der Waals surface area contributed by atoms with Crippen LogP contribution in [-0.2, 0) is 10.0 Å². The zero-order chi connectivity index (χ0) is 15.5. The van der Waals surface area contributed by atoms with Gasteiger partial charge in [0.1, 0.15) is 0 Å². The number of pyridine rings is 1. The van der Waals surface area contributed by atoms with Gasteiger partial charge in [0, 0.05) is 24.2 Å². The molecule has 1 aliphatic rings. The molecule has 8 nitrogen and oxygen atoms in total. The molecule has 3 atom stereocenters. The van der Waals surface area contributed by atoms with Crippen LogP contribution in [0.1, 0.15) is 13.3 Å². The number of rotatable bonds is 3. The van der Waals surface area contributed by atoms with E-state index < -0.39 is 22.2 Å². The Morgan fingerprint density at radius 2 is 2.24 bits per heavy atom. The maximum atomic E-state index is 12.5. The summed E-state index contributed by atoms with van der Waals surface area (Å²) in [7, 11) is -3.76. The molecule has 1 fully saturated rings. The number of sulfonamides is 1. The van der Waals surface area contributed by atoms with E-state index in [1.54, 1.807) is 12.1 Å². The van der Waals surface area contributed by atoms with E-state index in [1.807, 2.05) is 6.92 Å². The average molecular weight is 311 g/mol. The Morgan fingerprint density at radius 1 is 1.48 bits per heavy atom. The van der Waals surface area contributed by atoms with Crippen LogP contribution in [0.5, 0.6) is 0 Å². The van der Waals surface area contributed by atoms with Crippen molar-refractivity contribution in [1.82, 2.24) is 9.29 Å². The monoisotopic (exact) mass is 311 g/mol. The molecule has 0 aromatic carbocycles. The number of aliphatic hydroxyl groups excluding tert-OH is 1. The predicted molar refractivity (Wildman–Crippen MR) is 75.7 cm³/mol. The smallest absolute Gasteiger partial charge is 0.260 e. The summed E-state index contributed by atoms with van der Waals surface area (Å²) in [6.45, 7) is 2.01. The Kier molecular flexibility index (Phi) is 4.79. The standard InChI is InChI=1S/C12H17N5O3S/c1-9-6-10(15-16-13)11(18)8-17(7-9)21(19,20)12-4-2-3-5-14-12/h2-5,9-11,18H,6-8H2,1H3/t9-,10-,11-/m0/s1. The average Bonchev–Trinajstić information content (AvgIpc) is 2.60. The minimum atomic E-state index is -3.76. The normalized spacial score (nSPS) is 27.6. The van der Waals surface area contributed by atoms with Crippen molar-refractivity contribution in [3.63, 3.8) is 0 Å². The van der Waals surface area contributed by atoms with E-state index >= 15 is 0 Å². The third-order valence-corrected chi connectivity index (χ3v) is 5.18. The lowest BCUT2D eigenvalue weighted by atomic mass is 10.0. The van der Waals surface area contributed by atoms with Gasteiger partial charge in [-0.3, -0.25) is 0 Å². The van der Waals surface area contributed by atoms with Crippen LogP contribution < -0.4 is 0 Å². The van der Waals surface area contributed by atoms with Gasteiger partial charge in [0.05, 0.1) is 12.1 Å². The van der Waals surface area contributed by atoms with Crippen molar-refractivity contribution in [2.24, 2.45) is 11.0 Å². The molecule has 0 saturated carbocycles. The van der Waals surface area contributed by atoms with Gasteiger partial charge in [0.2, 0.25) is 0 Å². The second-order valence-electron chi connectivity index (χ2n) is 5.17. The Balaban J connectivity index is 2.30. The van der Waals surface area contributed by atoms with E-state index in [9.17, 15) is 13.5 Å². The summed E-state index contributed by atoms with van der Waals surface area (Å²) in [5, 5.41) is 13.6. The van der Waals surface area contributed by atoms with Gasteiger partial charge in [-0.2, -0.15) is 4.31 Å². The molecule has 1 aromatic heterocycles. The van der Waals surface area contributed by atoms with Gasteiger partial charge < -0.3 is 5.11 Å². The van der Waals surface area contributed by atoms with Gasteiger partial charge in [-0.15, -0.1) is 0 Å². The van der Waals surface area contributed by atoms with E-state index in [1.165, 1.54) is 16.6 Å². The van der Waals surface area contributed by atoms with Crippen LogP contribution in [0, 0.1) is 5.92 Å². The van der Waals surface area contributed by atoms with Gasteiger partial charge in [0.15, 0.2) is 5.03 Å². The minimum absolute atomic E-state index is 0.0314. The van der Waals surface area contributed by atoms with Crippen LogP contribution in [-0.4, -0.2) is 48.0 Å². The van der Waals surface area contributed by atoms with Crippen molar-refractivity contribution in [1.29, 1.82) is 0 Å². The molecule has 0 aliphatic carbocycles. The summed E-state index contributed by atoms with van der Waals surface area (Å²) >= 11 is 0. The summed E-state index contributed by atoms with van der Waals surface area (Å²) < 4.78 is 26.3. The highest BCUT2D eigenvalue weighted by atomic mass is 32.2. The van der Waals surface area contributed by atoms with Crippen LogP contribution >= 0.6 is 0 Å². The molecule has 2 rings (SSSR count). The zero-order valence-electron chi connectivity index (χ0n) is 11.6. The molecule has 0 amide bonds. The highest BCUT2D eigenvalue weighted by Gasteiger charge is 2.35. The maximum absolute atomic E-state index is 12.5. The largest absolute Gasteiger partial charge is 0.391 e. The first-order chi connectivity index (χ1) is 9.95. The van der Waals surface area contributed by atoms with Gasteiger partial charge >= 0.3 is 0 Å². The van der Waals surface area contributed by atoms with Crippen LogP contribution in [0.3, 0.4) is 0 Å². The second-order valence-corrected chi connectivity index (χ2v) is 7.06. The Bertz CT molecular complexity index is 630. The lowest BCUT2D eigenvalue weighted by molar-refractivity contribution is 0.130. The summed E-state index contributed by atoms with van der Waals surface area (Å²) in [6, 6.07) is 4.04. The van der Waals surface area contributed by atoms with Gasteiger partial charge in [-0.25, -0.2) is 13.4 Å². The van der Waals surface area contributed by atoms with Crippen LogP contribution in [0.4, 0.5) is 0 Å². The summed E-state index contributed by atoms with van der Waals surface area (Å²) in [4.78, 5) is 6.58. The molecule has 21 heavy (non-hydrogen) atoms. The number of hydrogen-bond acceptors (Lipinski definition) is 5. The van der Waals surface area contributed by atoms with Crippen molar-refractivity contribution in [3.8, 4) is 0 Å². The zero-order valence-corrected chi connectivity index (χ0v) is 12.4. The highest BCUT2D eigenvalue weighted by Crippen LogP contribution is 2.24. The first-order valence-electron chi connectivity index (χ1n) is 6.58. The second kappa shape index (κ2) is 6.40. The summed E-state index contributed by atoms with van der Waals surface area (Å²) in [5.41, 5.74) is 8.52. The van der Waals surface area contributed by atoms with E-state index in [2.05, 4.69) is 15.0 Å². The molecule has 0 unspecified atom stereocenters. The highest BCUT2D eigenvalue weighted by molar-refractivity contribution is 7.89. The lowest BCUT2D eigenvalue weighted by Gasteiger charge is -2.23. The fraction of sp³-hybridized carbons (Fsp3) is 0.583. The molecule has 0 spiro atoms. The number of β-amino-alcohol motifs (C(OH)–C–C–N with tert-alkyl or cyclic N) is 1. The Labute approximate surface area is 123 Å². The maximum Gasteiger partial charge on any atom is 0.260 e.